The molecule has 31 heavy (non-hydrogen) atoms. The normalized spacial score (nSPS) is 27.4. The summed E-state index contributed by atoms with van der Waals surface area (Å²) in [7, 11) is 0. The maximum Gasteiger partial charge on any atom is 0.254 e. The molecule has 4 rings (SSSR count). The van der Waals surface area contributed by atoms with Crippen LogP contribution in [0.5, 0.6) is 0 Å². The number of morpholine rings is 1. The van der Waals surface area contributed by atoms with Crippen LogP contribution in [-0.2, 0) is 20.9 Å². The molecule has 2 N–H and O–H groups in total. The average Bonchev–Trinajstić information content (AvgIpc) is 3.14. The van der Waals surface area contributed by atoms with Crippen LogP contribution in [0.15, 0.2) is 24.3 Å². The van der Waals surface area contributed by atoms with Gasteiger partial charge < -0.3 is 20.3 Å². The Balaban J connectivity index is 1.36. The molecule has 0 bridgehead atoms. The lowest BCUT2D eigenvalue weighted by atomic mass is 9.87. The lowest BCUT2D eigenvalue weighted by Crippen LogP contribution is -2.62. The van der Waals surface area contributed by atoms with Gasteiger partial charge >= 0.3 is 0 Å². The first-order valence-corrected chi connectivity index (χ1v) is 11.5. The molecule has 2 atom stereocenters. The fourth-order valence-electron chi connectivity index (χ4n) is 4.99. The van der Waals surface area contributed by atoms with E-state index in [9.17, 15) is 14.0 Å². The average molecular weight is 433 g/mol. The predicted octanol–water partition coefficient (Wildman–Crippen LogP) is 1.13. The number of carbonyl (C=O) groups excluding carboxylic acids is 2. The highest BCUT2D eigenvalue weighted by molar-refractivity contribution is 5.94. The number of rotatable bonds is 7. The summed E-state index contributed by atoms with van der Waals surface area (Å²) in [4.78, 5) is 30.4. The van der Waals surface area contributed by atoms with E-state index < -0.39 is 11.5 Å². The molecule has 3 aliphatic rings. The summed E-state index contributed by atoms with van der Waals surface area (Å²) in [6, 6.07) is 6.32. The number of amides is 2. The third-order valence-electron chi connectivity index (χ3n) is 6.63. The summed E-state index contributed by atoms with van der Waals surface area (Å²) in [6.45, 7) is 6.06. The molecular formula is C23H33FN4O3. The summed E-state index contributed by atoms with van der Waals surface area (Å²) >= 11 is 0. The summed E-state index contributed by atoms with van der Waals surface area (Å²) in [5.41, 5.74) is -0.217. The van der Waals surface area contributed by atoms with Gasteiger partial charge in [0.25, 0.3) is 5.91 Å². The van der Waals surface area contributed by atoms with Crippen molar-refractivity contribution < 1.29 is 18.7 Å². The molecule has 2 amide bonds. The highest BCUT2D eigenvalue weighted by atomic mass is 19.1. The van der Waals surface area contributed by atoms with Crippen LogP contribution < -0.4 is 10.6 Å². The van der Waals surface area contributed by atoms with Crippen LogP contribution in [0.3, 0.4) is 0 Å². The lowest BCUT2D eigenvalue weighted by Gasteiger charge is -2.36. The van der Waals surface area contributed by atoms with Gasteiger partial charge in [-0.05, 0) is 56.6 Å². The Labute approximate surface area is 183 Å². The lowest BCUT2D eigenvalue weighted by molar-refractivity contribution is -0.163. The first-order valence-electron chi connectivity index (χ1n) is 11.5. The Morgan fingerprint density at radius 1 is 1.19 bits per heavy atom. The molecule has 0 aromatic heterocycles. The monoisotopic (exact) mass is 432 g/mol. The van der Waals surface area contributed by atoms with Crippen molar-refractivity contribution in [2.75, 3.05) is 52.4 Å². The maximum atomic E-state index is 13.2. The Kier molecular flexibility index (Phi) is 7.20. The largest absolute Gasteiger partial charge is 0.361 e. The fraction of sp³-hybridized carbons (Fsp3) is 0.652. The van der Waals surface area contributed by atoms with Gasteiger partial charge in [-0.2, -0.15) is 0 Å². The van der Waals surface area contributed by atoms with E-state index in [1.54, 1.807) is 12.1 Å². The molecule has 170 valence electrons. The topological polar surface area (TPSA) is 73.9 Å². The molecule has 7 nitrogen and oxygen atoms in total. The van der Waals surface area contributed by atoms with E-state index in [4.69, 9.17) is 4.74 Å². The molecule has 0 unspecified atom stereocenters. The first-order chi connectivity index (χ1) is 15.1. The number of halogens is 1. The van der Waals surface area contributed by atoms with E-state index in [2.05, 4.69) is 20.4 Å². The fourth-order valence-corrected chi connectivity index (χ4v) is 4.99. The molecule has 3 heterocycles. The molecule has 1 aromatic carbocycles. The highest BCUT2D eigenvalue weighted by Gasteiger charge is 2.57. The van der Waals surface area contributed by atoms with E-state index in [1.165, 1.54) is 31.4 Å². The van der Waals surface area contributed by atoms with Crippen molar-refractivity contribution in [3.8, 4) is 0 Å². The van der Waals surface area contributed by atoms with Gasteiger partial charge in [0.2, 0.25) is 5.91 Å². The van der Waals surface area contributed by atoms with Crippen molar-refractivity contribution in [1.29, 1.82) is 0 Å². The molecule has 3 aliphatic heterocycles. The Bertz CT molecular complexity index is 769. The van der Waals surface area contributed by atoms with Crippen molar-refractivity contribution in [2.24, 2.45) is 5.92 Å². The molecule has 8 heteroatoms. The van der Waals surface area contributed by atoms with Gasteiger partial charge in [0.1, 0.15) is 5.82 Å². The van der Waals surface area contributed by atoms with Crippen molar-refractivity contribution in [2.45, 2.75) is 37.8 Å². The van der Waals surface area contributed by atoms with Crippen molar-refractivity contribution >= 4 is 11.8 Å². The molecule has 1 spiro atoms. The van der Waals surface area contributed by atoms with E-state index >= 15 is 0 Å². The summed E-state index contributed by atoms with van der Waals surface area (Å²) in [5, 5.41) is 5.92. The molecule has 0 radical (unpaired) electrons. The third kappa shape index (κ3) is 5.25. The second-order valence-electron chi connectivity index (χ2n) is 8.89. The van der Waals surface area contributed by atoms with E-state index in [1.807, 2.05) is 0 Å². The number of carbonyl (C=O) groups is 2. The van der Waals surface area contributed by atoms with Crippen molar-refractivity contribution in [1.82, 2.24) is 20.4 Å². The van der Waals surface area contributed by atoms with E-state index in [0.29, 0.717) is 39.3 Å². The van der Waals surface area contributed by atoms with Crippen LogP contribution in [0.25, 0.3) is 0 Å². The minimum Gasteiger partial charge on any atom is -0.361 e. The number of hydrogen-bond donors (Lipinski definition) is 2. The van der Waals surface area contributed by atoms with Crippen LogP contribution in [0.1, 0.15) is 31.2 Å². The number of ether oxygens (including phenoxy) is 1. The molecular weight excluding hydrogens is 399 g/mol. The van der Waals surface area contributed by atoms with Crippen LogP contribution in [0.4, 0.5) is 4.39 Å². The molecule has 3 saturated heterocycles. The van der Waals surface area contributed by atoms with Gasteiger partial charge in [-0.3, -0.25) is 14.5 Å². The van der Waals surface area contributed by atoms with Gasteiger partial charge in [-0.25, -0.2) is 4.39 Å². The number of hydrogen-bond acceptors (Lipinski definition) is 5. The number of piperidine rings is 1. The van der Waals surface area contributed by atoms with Crippen LogP contribution >= 0.6 is 0 Å². The standard InChI is InChI=1S/C23H33FN4O3/c24-19-7-5-18(6-8-19)15-28-16-20(23(17-28)22(30)26-10-14-31-23)21(29)25-9-4-13-27-11-2-1-3-12-27/h5-8,20H,1-4,9-17H2,(H,25,29)(H,26,30)/t20-,23-/m1/s1. The third-order valence-corrected chi connectivity index (χ3v) is 6.63. The minimum absolute atomic E-state index is 0.127. The second-order valence-corrected chi connectivity index (χ2v) is 8.89. The van der Waals surface area contributed by atoms with Gasteiger partial charge in [-0.15, -0.1) is 0 Å². The Hall–Kier alpha value is -2.03. The van der Waals surface area contributed by atoms with Crippen molar-refractivity contribution in [3.63, 3.8) is 0 Å². The first kappa shape index (κ1) is 22.2. The van der Waals surface area contributed by atoms with Gasteiger partial charge in [0.05, 0.1) is 12.5 Å². The van der Waals surface area contributed by atoms with E-state index in [0.717, 1.165) is 31.6 Å². The SMILES string of the molecule is O=C(NCCCN1CCCCC1)[C@H]1CN(Cc2ccc(F)cc2)C[C@@]12OCCNC2=O. The zero-order valence-corrected chi connectivity index (χ0v) is 18.1. The quantitative estimate of drug-likeness (QED) is 0.632. The zero-order valence-electron chi connectivity index (χ0n) is 18.1. The summed E-state index contributed by atoms with van der Waals surface area (Å²) < 4.78 is 19.2. The molecule has 0 aliphatic carbocycles. The zero-order chi connectivity index (χ0) is 21.7. The minimum atomic E-state index is -1.16. The van der Waals surface area contributed by atoms with Crippen LogP contribution in [0, 0.1) is 11.7 Å². The van der Waals surface area contributed by atoms with Gasteiger partial charge in [0.15, 0.2) is 5.60 Å². The highest BCUT2D eigenvalue weighted by Crippen LogP contribution is 2.34. The van der Waals surface area contributed by atoms with Crippen molar-refractivity contribution in [3.05, 3.63) is 35.6 Å². The smallest absolute Gasteiger partial charge is 0.254 e. The Morgan fingerprint density at radius 2 is 1.97 bits per heavy atom. The summed E-state index contributed by atoms with van der Waals surface area (Å²) in [5.74, 6) is -1.19. The van der Waals surface area contributed by atoms with Gasteiger partial charge in [0, 0.05) is 32.7 Å². The molecule has 3 fully saturated rings. The molecule has 0 saturated carbocycles. The second kappa shape index (κ2) is 10.1. The number of benzene rings is 1. The Morgan fingerprint density at radius 3 is 2.71 bits per heavy atom. The number of nitrogens with one attached hydrogen (secondary N) is 2. The number of likely N-dealkylation sites (tertiary alicyclic amines) is 2. The van der Waals surface area contributed by atoms with Gasteiger partial charge in [-0.1, -0.05) is 18.6 Å². The molecule has 1 aromatic rings. The summed E-state index contributed by atoms with van der Waals surface area (Å²) in [6.07, 6.45) is 4.73. The van der Waals surface area contributed by atoms with Crippen LogP contribution in [-0.4, -0.2) is 79.6 Å². The maximum absolute atomic E-state index is 13.2. The number of nitrogens with zero attached hydrogens (tertiary/aromatic N) is 2. The van der Waals surface area contributed by atoms with E-state index in [-0.39, 0.29) is 17.6 Å². The predicted molar refractivity (Wildman–Crippen MR) is 115 cm³/mol. The van der Waals surface area contributed by atoms with Crippen LogP contribution in [0.2, 0.25) is 0 Å².